The quantitative estimate of drug-likeness (QED) is 0.759. The molecule has 5 nitrogen and oxygen atoms in total. The molecule has 18 heavy (non-hydrogen) atoms. The number of hydrogen-bond donors (Lipinski definition) is 1. The van der Waals surface area contributed by atoms with E-state index in [-0.39, 0.29) is 18.1 Å². The second-order valence-electron chi connectivity index (χ2n) is 4.71. The molecule has 0 aromatic rings. The first-order valence-corrected chi connectivity index (χ1v) is 6.85. The van der Waals surface area contributed by atoms with Gasteiger partial charge in [0.05, 0.1) is 18.8 Å². The molecule has 1 aliphatic rings. The van der Waals surface area contributed by atoms with Gasteiger partial charge in [0.1, 0.15) is 6.10 Å². The highest BCUT2D eigenvalue weighted by Gasteiger charge is 2.23. The highest BCUT2D eigenvalue weighted by Crippen LogP contribution is 2.06. The Morgan fingerprint density at radius 3 is 2.67 bits per heavy atom. The first-order valence-electron chi connectivity index (χ1n) is 6.85. The van der Waals surface area contributed by atoms with Gasteiger partial charge in [0.2, 0.25) is 0 Å². The summed E-state index contributed by atoms with van der Waals surface area (Å²) in [4.78, 5) is 13.8. The molecule has 1 aliphatic heterocycles. The summed E-state index contributed by atoms with van der Waals surface area (Å²) in [5.41, 5.74) is 0. The summed E-state index contributed by atoms with van der Waals surface area (Å²) >= 11 is 0. The van der Waals surface area contributed by atoms with E-state index in [2.05, 4.69) is 5.32 Å². The van der Waals surface area contributed by atoms with E-state index in [9.17, 15) is 4.79 Å². The number of rotatable bonds is 6. The number of hydrogen-bond acceptors (Lipinski definition) is 4. The van der Waals surface area contributed by atoms with E-state index < -0.39 is 6.10 Å². The largest absolute Gasteiger partial charge is 0.370 e. The molecule has 3 atom stereocenters. The third-order valence-corrected chi connectivity index (χ3v) is 3.18. The average molecular weight is 258 g/mol. The monoisotopic (exact) mass is 258 g/mol. The van der Waals surface area contributed by atoms with E-state index in [4.69, 9.17) is 9.47 Å². The molecule has 1 rings (SSSR count). The second-order valence-corrected chi connectivity index (χ2v) is 4.71. The third kappa shape index (κ3) is 4.55. The van der Waals surface area contributed by atoms with E-state index in [0.717, 1.165) is 26.2 Å². The standard InChI is InChI=1S/C13H26N2O3/c1-5-15(6-2)13(16)11(4)17-9-12-8-14-7-10(3)18-12/h10-12,14H,5-9H2,1-4H3. The summed E-state index contributed by atoms with van der Waals surface area (Å²) in [6.45, 7) is 11.4. The van der Waals surface area contributed by atoms with Crippen LogP contribution in [0.4, 0.5) is 0 Å². The number of amides is 1. The lowest BCUT2D eigenvalue weighted by Gasteiger charge is -2.30. The number of carbonyl (C=O) groups excluding carboxylic acids is 1. The molecular formula is C13H26N2O3. The Morgan fingerprint density at radius 2 is 2.11 bits per heavy atom. The van der Waals surface area contributed by atoms with Crippen LogP contribution in [0.25, 0.3) is 0 Å². The van der Waals surface area contributed by atoms with Crippen LogP contribution in [0.3, 0.4) is 0 Å². The van der Waals surface area contributed by atoms with E-state index in [1.165, 1.54) is 0 Å². The topological polar surface area (TPSA) is 50.8 Å². The Hall–Kier alpha value is -0.650. The van der Waals surface area contributed by atoms with Gasteiger partial charge in [0.15, 0.2) is 0 Å². The molecule has 0 spiro atoms. The minimum atomic E-state index is -0.397. The zero-order chi connectivity index (χ0) is 13.5. The first-order chi connectivity index (χ1) is 8.58. The van der Waals surface area contributed by atoms with Crippen molar-refractivity contribution in [1.29, 1.82) is 0 Å². The Labute approximate surface area is 110 Å². The lowest BCUT2D eigenvalue weighted by Crippen LogP contribution is -2.47. The van der Waals surface area contributed by atoms with Crippen molar-refractivity contribution in [2.75, 3.05) is 32.8 Å². The van der Waals surface area contributed by atoms with E-state index in [0.29, 0.717) is 6.61 Å². The summed E-state index contributed by atoms with van der Waals surface area (Å²) < 4.78 is 11.3. The minimum Gasteiger partial charge on any atom is -0.370 e. The van der Waals surface area contributed by atoms with E-state index in [1.54, 1.807) is 11.8 Å². The molecule has 0 aromatic heterocycles. The van der Waals surface area contributed by atoms with Gasteiger partial charge in [0.25, 0.3) is 5.91 Å². The SMILES string of the molecule is CCN(CC)C(=O)C(C)OCC1CNCC(C)O1. The van der Waals surface area contributed by atoms with Crippen LogP contribution < -0.4 is 5.32 Å². The van der Waals surface area contributed by atoms with Gasteiger partial charge < -0.3 is 19.7 Å². The average Bonchev–Trinajstić information content (AvgIpc) is 2.37. The maximum atomic E-state index is 12.0. The lowest BCUT2D eigenvalue weighted by atomic mass is 10.2. The number of morpholine rings is 1. The molecule has 1 N–H and O–H groups in total. The van der Waals surface area contributed by atoms with Crippen molar-refractivity contribution in [3.8, 4) is 0 Å². The van der Waals surface area contributed by atoms with E-state index >= 15 is 0 Å². The molecule has 1 amide bonds. The van der Waals surface area contributed by atoms with Crippen LogP contribution in [0.5, 0.6) is 0 Å². The van der Waals surface area contributed by atoms with Gasteiger partial charge in [-0.2, -0.15) is 0 Å². The predicted molar refractivity (Wildman–Crippen MR) is 70.5 cm³/mol. The molecule has 0 saturated carbocycles. The van der Waals surface area contributed by atoms with Crippen LogP contribution in [-0.4, -0.2) is 61.9 Å². The van der Waals surface area contributed by atoms with E-state index in [1.807, 2.05) is 20.8 Å². The van der Waals surface area contributed by atoms with Gasteiger partial charge in [0, 0.05) is 26.2 Å². The summed E-state index contributed by atoms with van der Waals surface area (Å²) in [5, 5.41) is 3.28. The highest BCUT2D eigenvalue weighted by atomic mass is 16.5. The smallest absolute Gasteiger partial charge is 0.251 e. The molecule has 0 bridgehead atoms. The summed E-state index contributed by atoms with van der Waals surface area (Å²) in [6.07, 6.45) is -0.146. The maximum absolute atomic E-state index is 12.0. The normalized spacial score (nSPS) is 25.8. The molecule has 0 radical (unpaired) electrons. The number of ether oxygens (including phenoxy) is 2. The van der Waals surface area contributed by atoms with Gasteiger partial charge in [-0.1, -0.05) is 0 Å². The minimum absolute atomic E-state index is 0.0423. The summed E-state index contributed by atoms with van der Waals surface area (Å²) in [5.74, 6) is 0.0526. The van der Waals surface area contributed by atoms with Crippen LogP contribution in [0.15, 0.2) is 0 Å². The highest BCUT2D eigenvalue weighted by molar-refractivity contribution is 5.80. The molecule has 1 fully saturated rings. The van der Waals surface area contributed by atoms with Crippen LogP contribution in [0.2, 0.25) is 0 Å². The Kier molecular flexibility index (Phi) is 6.60. The first kappa shape index (κ1) is 15.4. The van der Waals surface area contributed by atoms with Gasteiger partial charge in [-0.05, 0) is 27.7 Å². The fourth-order valence-corrected chi connectivity index (χ4v) is 2.09. The zero-order valence-electron chi connectivity index (χ0n) is 11.9. The van der Waals surface area contributed by atoms with Crippen molar-refractivity contribution in [3.63, 3.8) is 0 Å². The van der Waals surface area contributed by atoms with Crippen molar-refractivity contribution in [2.24, 2.45) is 0 Å². The molecule has 0 aliphatic carbocycles. The fourth-order valence-electron chi connectivity index (χ4n) is 2.09. The van der Waals surface area contributed by atoms with Crippen molar-refractivity contribution in [3.05, 3.63) is 0 Å². The van der Waals surface area contributed by atoms with Crippen LogP contribution in [-0.2, 0) is 14.3 Å². The Morgan fingerprint density at radius 1 is 1.44 bits per heavy atom. The van der Waals surface area contributed by atoms with Gasteiger partial charge in [-0.3, -0.25) is 4.79 Å². The Bertz CT molecular complexity index is 257. The molecule has 3 unspecified atom stereocenters. The maximum Gasteiger partial charge on any atom is 0.251 e. The van der Waals surface area contributed by atoms with Crippen molar-refractivity contribution < 1.29 is 14.3 Å². The van der Waals surface area contributed by atoms with Crippen LogP contribution in [0, 0.1) is 0 Å². The summed E-state index contributed by atoms with van der Waals surface area (Å²) in [7, 11) is 0. The number of likely N-dealkylation sites (N-methyl/N-ethyl adjacent to an activating group) is 1. The van der Waals surface area contributed by atoms with Gasteiger partial charge in [-0.15, -0.1) is 0 Å². The van der Waals surface area contributed by atoms with Crippen LogP contribution >= 0.6 is 0 Å². The number of carbonyl (C=O) groups is 1. The Balaban J connectivity index is 2.31. The zero-order valence-corrected chi connectivity index (χ0v) is 11.9. The second kappa shape index (κ2) is 7.71. The van der Waals surface area contributed by atoms with Crippen molar-refractivity contribution >= 4 is 5.91 Å². The molecule has 106 valence electrons. The number of nitrogens with one attached hydrogen (secondary N) is 1. The molecule has 1 heterocycles. The predicted octanol–water partition coefficient (Wildman–Crippen LogP) is 0.637. The van der Waals surface area contributed by atoms with Crippen LogP contribution in [0.1, 0.15) is 27.7 Å². The third-order valence-electron chi connectivity index (χ3n) is 3.18. The van der Waals surface area contributed by atoms with Gasteiger partial charge in [-0.25, -0.2) is 0 Å². The van der Waals surface area contributed by atoms with Gasteiger partial charge >= 0.3 is 0 Å². The summed E-state index contributed by atoms with van der Waals surface area (Å²) in [6, 6.07) is 0. The fraction of sp³-hybridized carbons (Fsp3) is 0.923. The molecule has 1 saturated heterocycles. The molecular weight excluding hydrogens is 232 g/mol. The molecule has 0 aromatic carbocycles. The van der Waals surface area contributed by atoms with Crippen molar-refractivity contribution in [1.82, 2.24) is 10.2 Å². The number of nitrogens with zero attached hydrogens (tertiary/aromatic N) is 1. The lowest BCUT2D eigenvalue weighted by molar-refractivity contribution is -0.146. The van der Waals surface area contributed by atoms with Crippen molar-refractivity contribution in [2.45, 2.75) is 46.0 Å². The molecule has 5 heteroatoms.